The van der Waals surface area contributed by atoms with Crippen LogP contribution in [0.15, 0.2) is 11.2 Å². The minimum Gasteiger partial charge on any atom is -0.356 e. The number of thioether (sulfide) groups is 1. The van der Waals surface area contributed by atoms with Crippen molar-refractivity contribution >= 4 is 29.2 Å². The molecule has 1 saturated heterocycles. The van der Waals surface area contributed by atoms with Crippen LogP contribution in [-0.2, 0) is 0 Å². The van der Waals surface area contributed by atoms with Crippen molar-refractivity contribution in [2.24, 2.45) is 5.41 Å². The fourth-order valence-electron chi connectivity index (χ4n) is 2.29. The number of halogens is 1. The highest BCUT2D eigenvalue weighted by molar-refractivity contribution is 7.98. The first-order chi connectivity index (χ1) is 8.50. The minimum atomic E-state index is 0.438. The van der Waals surface area contributed by atoms with Crippen LogP contribution in [0.25, 0.3) is 0 Å². The van der Waals surface area contributed by atoms with Gasteiger partial charge < -0.3 is 4.90 Å². The summed E-state index contributed by atoms with van der Waals surface area (Å²) in [6.07, 6.45) is 5.66. The Labute approximate surface area is 118 Å². The van der Waals surface area contributed by atoms with Crippen LogP contribution in [0.3, 0.4) is 0 Å². The lowest BCUT2D eigenvalue weighted by Gasteiger charge is -2.24. The summed E-state index contributed by atoms with van der Waals surface area (Å²) < 4.78 is 0. The zero-order chi connectivity index (χ0) is 13.2. The van der Waals surface area contributed by atoms with E-state index in [1.165, 1.54) is 31.0 Å². The molecule has 1 aromatic rings. The van der Waals surface area contributed by atoms with Crippen molar-refractivity contribution in [1.82, 2.24) is 9.97 Å². The van der Waals surface area contributed by atoms with Gasteiger partial charge in [0.15, 0.2) is 5.16 Å². The maximum atomic E-state index is 6.05. The summed E-state index contributed by atoms with van der Waals surface area (Å²) in [5, 5.41) is 1.29. The topological polar surface area (TPSA) is 29.0 Å². The predicted octanol–water partition coefficient (Wildman–Crippen LogP) is 3.87. The average molecular weight is 286 g/mol. The maximum absolute atomic E-state index is 6.05. The van der Waals surface area contributed by atoms with E-state index >= 15 is 0 Å². The Morgan fingerprint density at radius 2 is 2.06 bits per heavy atom. The normalized spacial score (nSPS) is 19.7. The molecular weight excluding hydrogens is 266 g/mol. The van der Waals surface area contributed by atoms with Gasteiger partial charge in [-0.25, -0.2) is 9.97 Å². The van der Waals surface area contributed by atoms with Crippen LogP contribution in [0.4, 0.5) is 5.82 Å². The molecule has 0 amide bonds. The number of anilines is 1. The van der Waals surface area contributed by atoms with E-state index in [1.807, 2.05) is 12.3 Å². The Balaban J connectivity index is 2.18. The number of rotatable bonds is 2. The Morgan fingerprint density at radius 3 is 2.78 bits per heavy atom. The zero-order valence-electron chi connectivity index (χ0n) is 11.2. The first-order valence-corrected chi connectivity index (χ1v) is 7.94. The fourth-order valence-corrected chi connectivity index (χ4v) is 2.89. The van der Waals surface area contributed by atoms with E-state index in [4.69, 9.17) is 11.6 Å². The predicted molar refractivity (Wildman–Crippen MR) is 78.7 cm³/mol. The van der Waals surface area contributed by atoms with E-state index < -0.39 is 0 Å². The summed E-state index contributed by atoms with van der Waals surface area (Å²) in [4.78, 5) is 11.1. The highest BCUT2D eigenvalue weighted by Gasteiger charge is 2.24. The van der Waals surface area contributed by atoms with Crippen molar-refractivity contribution in [2.75, 3.05) is 24.2 Å². The summed E-state index contributed by atoms with van der Waals surface area (Å²) in [5.41, 5.74) is 0.438. The van der Waals surface area contributed by atoms with E-state index in [2.05, 4.69) is 28.7 Å². The Kier molecular flexibility index (Phi) is 4.38. The van der Waals surface area contributed by atoms with E-state index in [0.29, 0.717) is 10.6 Å². The van der Waals surface area contributed by atoms with Crippen molar-refractivity contribution in [3.05, 3.63) is 11.2 Å². The molecule has 2 rings (SSSR count). The van der Waals surface area contributed by atoms with Crippen LogP contribution in [0.5, 0.6) is 0 Å². The number of hydrogen-bond donors (Lipinski definition) is 0. The van der Waals surface area contributed by atoms with Crippen molar-refractivity contribution < 1.29 is 0 Å². The molecule has 18 heavy (non-hydrogen) atoms. The lowest BCUT2D eigenvalue weighted by Crippen LogP contribution is -2.26. The third kappa shape index (κ3) is 3.51. The molecular formula is C13H20ClN3S. The van der Waals surface area contributed by atoms with E-state index in [1.54, 1.807) is 0 Å². The molecule has 0 bridgehead atoms. The van der Waals surface area contributed by atoms with Gasteiger partial charge >= 0.3 is 0 Å². The van der Waals surface area contributed by atoms with Crippen LogP contribution in [0, 0.1) is 5.41 Å². The Hall–Kier alpha value is -0.480. The highest BCUT2D eigenvalue weighted by atomic mass is 35.5. The Morgan fingerprint density at radius 1 is 1.28 bits per heavy atom. The van der Waals surface area contributed by atoms with Gasteiger partial charge in [-0.2, -0.15) is 0 Å². The van der Waals surface area contributed by atoms with Gasteiger partial charge in [0.2, 0.25) is 0 Å². The summed E-state index contributed by atoms with van der Waals surface area (Å²) in [5.74, 6) is 0.969. The third-order valence-electron chi connectivity index (χ3n) is 3.51. The first kappa shape index (κ1) is 13.9. The molecule has 1 fully saturated rings. The molecule has 1 aliphatic heterocycles. The molecule has 0 aliphatic carbocycles. The lowest BCUT2D eigenvalue weighted by molar-refractivity contribution is 0.325. The second-order valence-electron chi connectivity index (χ2n) is 5.54. The molecule has 0 atom stereocenters. The number of aromatic nitrogens is 2. The van der Waals surface area contributed by atoms with Crippen molar-refractivity contribution in [3.8, 4) is 0 Å². The van der Waals surface area contributed by atoms with Gasteiger partial charge in [-0.05, 0) is 30.9 Å². The summed E-state index contributed by atoms with van der Waals surface area (Å²) >= 11 is 7.59. The molecule has 2 heterocycles. The van der Waals surface area contributed by atoms with Gasteiger partial charge in [-0.3, -0.25) is 0 Å². The molecule has 0 N–H and O–H groups in total. The molecule has 1 aliphatic rings. The van der Waals surface area contributed by atoms with E-state index in [0.717, 1.165) is 24.1 Å². The maximum Gasteiger partial charge on any atom is 0.190 e. The average Bonchev–Trinajstić information content (AvgIpc) is 2.49. The lowest BCUT2D eigenvalue weighted by atomic mass is 9.85. The van der Waals surface area contributed by atoms with Crippen LogP contribution >= 0.6 is 23.4 Å². The third-order valence-corrected chi connectivity index (χ3v) is 4.25. The van der Waals surface area contributed by atoms with E-state index in [9.17, 15) is 0 Å². The first-order valence-electron chi connectivity index (χ1n) is 6.34. The van der Waals surface area contributed by atoms with Crippen molar-refractivity contribution in [1.29, 1.82) is 0 Å². The summed E-state index contributed by atoms with van der Waals surface area (Å²) in [6, 6.07) is 1.87. The van der Waals surface area contributed by atoms with Gasteiger partial charge in [-0.15, -0.1) is 0 Å². The molecule has 100 valence electrons. The number of hydrogen-bond acceptors (Lipinski definition) is 4. The van der Waals surface area contributed by atoms with Crippen LogP contribution in [-0.4, -0.2) is 29.3 Å². The molecule has 0 aromatic carbocycles. The standard InChI is InChI=1S/C13H20ClN3S/c1-13(2)5-4-7-17(8-6-13)11-9-10(14)15-12(16-11)18-3/h9H,4-8H2,1-3H3. The van der Waals surface area contributed by atoms with Gasteiger partial charge in [0, 0.05) is 19.2 Å². The largest absolute Gasteiger partial charge is 0.356 e. The monoisotopic (exact) mass is 285 g/mol. The molecule has 0 radical (unpaired) electrons. The highest BCUT2D eigenvalue weighted by Crippen LogP contribution is 2.31. The minimum absolute atomic E-state index is 0.438. The molecule has 0 unspecified atom stereocenters. The fraction of sp³-hybridized carbons (Fsp3) is 0.692. The van der Waals surface area contributed by atoms with Crippen LogP contribution in [0.1, 0.15) is 33.1 Å². The molecule has 0 saturated carbocycles. The van der Waals surface area contributed by atoms with Gasteiger partial charge in [0.25, 0.3) is 0 Å². The SMILES string of the molecule is CSc1nc(Cl)cc(N2CCCC(C)(C)CC2)n1. The van der Waals surface area contributed by atoms with Crippen LogP contribution < -0.4 is 4.90 Å². The molecule has 5 heteroatoms. The van der Waals surface area contributed by atoms with E-state index in [-0.39, 0.29) is 0 Å². The molecule has 3 nitrogen and oxygen atoms in total. The second kappa shape index (κ2) is 5.66. The number of nitrogens with zero attached hydrogens (tertiary/aromatic N) is 3. The quantitative estimate of drug-likeness (QED) is 0.469. The summed E-state index contributed by atoms with van der Waals surface area (Å²) in [7, 11) is 0. The van der Waals surface area contributed by atoms with Gasteiger partial charge in [-0.1, -0.05) is 37.2 Å². The van der Waals surface area contributed by atoms with Crippen LogP contribution in [0.2, 0.25) is 5.15 Å². The zero-order valence-corrected chi connectivity index (χ0v) is 12.8. The molecule has 1 aromatic heterocycles. The van der Waals surface area contributed by atoms with Crippen molar-refractivity contribution in [2.45, 2.75) is 38.3 Å². The molecule has 0 spiro atoms. The van der Waals surface area contributed by atoms with Gasteiger partial charge in [0.1, 0.15) is 11.0 Å². The van der Waals surface area contributed by atoms with Crippen molar-refractivity contribution in [3.63, 3.8) is 0 Å². The Bertz CT molecular complexity index is 423. The summed E-state index contributed by atoms with van der Waals surface area (Å²) in [6.45, 7) is 6.80. The van der Waals surface area contributed by atoms with Gasteiger partial charge in [0.05, 0.1) is 0 Å². The second-order valence-corrected chi connectivity index (χ2v) is 6.70. The smallest absolute Gasteiger partial charge is 0.190 e.